The molecule has 94 valence electrons. The molecule has 0 aliphatic rings. The number of rotatable bonds is 6. The Morgan fingerprint density at radius 2 is 2.06 bits per heavy atom. The van der Waals surface area contributed by atoms with Crippen LogP contribution in [-0.2, 0) is 9.59 Å². The van der Waals surface area contributed by atoms with Crippen LogP contribution < -0.4 is 11.1 Å². The van der Waals surface area contributed by atoms with Gasteiger partial charge >= 0.3 is 11.8 Å². The van der Waals surface area contributed by atoms with Crippen LogP contribution >= 0.6 is 0 Å². The fraction of sp³-hybridized carbons (Fsp3) is 0.800. The molecule has 0 fully saturated rings. The van der Waals surface area contributed by atoms with Gasteiger partial charge in [0.15, 0.2) is 0 Å². The van der Waals surface area contributed by atoms with Gasteiger partial charge in [-0.05, 0) is 20.3 Å². The predicted octanol–water partition coefficient (Wildman–Crippen LogP) is -1.32. The van der Waals surface area contributed by atoms with Crippen molar-refractivity contribution in [3.63, 3.8) is 0 Å². The highest BCUT2D eigenvalue weighted by Gasteiger charge is 2.22. The number of nitrogens with two attached hydrogens (primary N) is 1. The topological polar surface area (TPSA) is 95.7 Å². The third kappa shape index (κ3) is 5.09. The first kappa shape index (κ1) is 14.9. The molecule has 6 heteroatoms. The summed E-state index contributed by atoms with van der Waals surface area (Å²) in [4.78, 5) is 24.5. The van der Waals surface area contributed by atoms with E-state index < -0.39 is 11.8 Å². The average molecular weight is 231 g/mol. The van der Waals surface area contributed by atoms with Gasteiger partial charge < -0.3 is 21.1 Å². The molecule has 0 saturated carbocycles. The molecule has 0 spiro atoms. The lowest BCUT2D eigenvalue weighted by Gasteiger charge is -2.25. The average Bonchev–Trinajstić information content (AvgIpc) is 2.25. The van der Waals surface area contributed by atoms with E-state index in [0.29, 0.717) is 19.5 Å². The van der Waals surface area contributed by atoms with E-state index in [0.717, 1.165) is 0 Å². The summed E-state index contributed by atoms with van der Waals surface area (Å²) in [5.41, 5.74) is 5.22. The molecule has 0 aliphatic heterocycles. The van der Waals surface area contributed by atoms with Crippen molar-refractivity contribution in [3.8, 4) is 0 Å². The van der Waals surface area contributed by atoms with Gasteiger partial charge in [0.1, 0.15) is 0 Å². The van der Waals surface area contributed by atoms with E-state index in [9.17, 15) is 9.59 Å². The number of aliphatic hydroxyl groups is 1. The van der Waals surface area contributed by atoms with Crippen LogP contribution in [0.1, 0.15) is 20.3 Å². The van der Waals surface area contributed by atoms with Gasteiger partial charge in [0.05, 0.1) is 0 Å². The number of nitrogens with one attached hydrogen (secondary N) is 1. The van der Waals surface area contributed by atoms with E-state index in [1.807, 2.05) is 13.8 Å². The standard InChI is InChI=1S/C10H21N3O3/c1-8(2)13(6-3-7-14)10(16)9(15)12-5-4-11/h8,14H,3-7,11H2,1-2H3,(H,12,15). The number of carbonyl (C=O) groups excluding carboxylic acids is 2. The van der Waals surface area contributed by atoms with Crippen LogP contribution in [0.4, 0.5) is 0 Å². The Kier molecular flexibility index (Phi) is 7.49. The molecule has 0 rings (SSSR count). The van der Waals surface area contributed by atoms with Gasteiger partial charge in [-0.15, -0.1) is 0 Å². The van der Waals surface area contributed by atoms with Gasteiger partial charge in [-0.1, -0.05) is 0 Å². The van der Waals surface area contributed by atoms with Crippen molar-refractivity contribution >= 4 is 11.8 Å². The number of nitrogens with zero attached hydrogens (tertiary/aromatic N) is 1. The van der Waals surface area contributed by atoms with Crippen molar-refractivity contribution < 1.29 is 14.7 Å². The van der Waals surface area contributed by atoms with Gasteiger partial charge in [0.25, 0.3) is 0 Å². The maximum Gasteiger partial charge on any atom is 0.312 e. The third-order valence-electron chi connectivity index (χ3n) is 2.07. The van der Waals surface area contributed by atoms with Gasteiger partial charge in [-0.2, -0.15) is 0 Å². The molecule has 0 aromatic heterocycles. The zero-order valence-corrected chi connectivity index (χ0v) is 9.90. The molecule has 0 aromatic rings. The molecule has 0 bridgehead atoms. The summed E-state index contributed by atoms with van der Waals surface area (Å²) in [6.07, 6.45) is 0.466. The molecule has 2 amide bonds. The molecule has 0 aliphatic carbocycles. The van der Waals surface area contributed by atoms with Crippen LogP contribution in [0, 0.1) is 0 Å². The Bertz CT molecular complexity index is 231. The Morgan fingerprint density at radius 1 is 1.44 bits per heavy atom. The Morgan fingerprint density at radius 3 is 2.50 bits per heavy atom. The Balaban J connectivity index is 4.30. The lowest BCUT2D eigenvalue weighted by Crippen LogP contribution is -2.47. The van der Waals surface area contributed by atoms with Crippen LogP contribution in [0.15, 0.2) is 0 Å². The number of aliphatic hydroxyl groups excluding tert-OH is 1. The highest BCUT2D eigenvalue weighted by Crippen LogP contribution is 2.00. The molecule has 16 heavy (non-hydrogen) atoms. The summed E-state index contributed by atoms with van der Waals surface area (Å²) < 4.78 is 0. The quantitative estimate of drug-likeness (QED) is 0.494. The van der Waals surface area contributed by atoms with Crippen LogP contribution in [0.3, 0.4) is 0 Å². The molecule has 0 atom stereocenters. The van der Waals surface area contributed by atoms with E-state index in [1.165, 1.54) is 4.90 Å². The molecule has 0 aromatic carbocycles. The summed E-state index contributed by atoms with van der Waals surface area (Å²) >= 11 is 0. The molecule has 0 saturated heterocycles. The first-order valence-corrected chi connectivity index (χ1v) is 5.44. The minimum Gasteiger partial charge on any atom is -0.396 e. The van der Waals surface area contributed by atoms with Crippen LogP contribution in [-0.4, -0.2) is 54.1 Å². The number of hydrogen-bond acceptors (Lipinski definition) is 4. The van der Waals surface area contributed by atoms with E-state index in [2.05, 4.69) is 5.32 Å². The second-order valence-corrected chi connectivity index (χ2v) is 3.71. The van der Waals surface area contributed by atoms with E-state index in [-0.39, 0.29) is 19.2 Å². The molecular formula is C10H21N3O3. The minimum absolute atomic E-state index is 0.000912. The van der Waals surface area contributed by atoms with Crippen molar-refractivity contribution in [1.82, 2.24) is 10.2 Å². The van der Waals surface area contributed by atoms with Crippen LogP contribution in [0.25, 0.3) is 0 Å². The highest BCUT2D eigenvalue weighted by molar-refractivity contribution is 6.35. The maximum absolute atomic E-state index is 11.7. The first-order chi connectivity index (χ1) is 7.54. The minimum atomic E-state index is -0.642. The summed E-state index contributed by atoms with van der Waals surface area (Å²) in [5.74, 6) is -1.21. The van der Waals surface area contributed by atoms with Crippen molar-refractivity contribution in [2.24, 2.45) is 5.73 Å². The fourth-order valence-corrected chi connectivity index (χ4v) is 1.23. The lowest BCUT2D eigenvalue weighted by molar-refractivity contribution is -0.147. The number of carbonyl (C=O) groups is 2. The largest absolute Gasteiger partial charge is 0.396 e. The number of amides is 2. The molecule has 0 radical (unpaired) electrons. The first-order valence-electron chi connectivity index (χ1n) is 5.44. The van der Waals surface area contributed by atoms with E-state index in [4.69, 9.17) is 10.8 Å². The Hall–Kier alpha value is -1.14. The lowest BCUT2D eigenvalue weighted by atomic mass is 10.2. The van der Waals surface area contributed by atoms with Gasteiger partial charge in [-0.25, -0.2) is 0 Å². The molecule has 0 unspecified atom stereocenters. The predicted molar refractivity (Wildman–Crippen MR) is 60.6 cm³/mol. The monoisotopic (exact) mass is 231 g/mol. The maximum atomic E-state index is 11.7. The van der Waals surface area contributed by atoms with Crippen LogP contribution in [0.2, 0.25) is 0 Å². The zero-order chi connectivity index (χ0) is 12.6. The Labute approximate surface area is 95.8 Å². The smallest absolute Gasteiger partial charge is 0.312 e. The van der Waals surface area contributed by atoms with Gasteiger partial charge in [0.2, 0.25) is 0 Å². The van der Waals surface area contributed by atoms with Gasteiger partial charge in [-0.3, -0.25) is 9.59 Å². The van der Waals surface area contributed by atoms with E-state index in [1.54, 1.807) is 0 Å². The summed E-state index contributed by atoms with van der Waals surface area (Å²) in [6, 6.07) is -0.0670. The molecular weight excluding hydrogens is 210 g/mol. The molecule has 6 nitrogen and oxygen atoms in total. The highest BCUT2D eigenvalue weighted by atomic mass is 16.3. The van der Waals surface area contributed by atoms with Crippen LogP contribution in [0.5, 0.6) is 0 Å². The second-order valence-electron chi connectivity index (χ2n) is 3.71. The SMILES string of the molecule is CC(C)N(CCCO)C(=O)C(=O)NCCN. The van der Waals surface area contributed by atoms with E-state index >= 15 is 0 Å². The summed E-state index contributed by atoms with van der Waals surface area (Å²) in [6.45, 7) is 4.62. The van der Waals surface area contributed by atoms with Crippen molar-refractivity contribution in [3.05, 3.63) is 0 Å². The fourth-order valence-electron chi connectivity index (χ4n) is 1.23. The summed E-state index contributed by atoms with van der Waals surface area (Å²) in [7, 11) is 0. The summed E-state index contributed by atoms with van der Waals surface area (Å²) in [5, 5.41) is 11.1. The van der Waals surface area contributed by atoms with Gasteiger partial charge in [0, 0.05) is 32.3 Å². The second kappa shape index (κ2) is 8.06. The normalized spacial score (nSPS) is 10.3. The number of hydrogen-bond donors (Lipinski definition) is 3. The zero-order valence-electron chi connectivity index (χ0n) is 9.90. The van der Waals surface area contributed by atoms with Crippen molar-refractivity contribution in [2.45, 2.75) is 26.3 Å². The third-order valence-corrected chi connectivity index (χ3v) is 2.07. The van der Waals surface area contributed by atoms with Crippen molar-refractivity contribution in [2.75, 3.05) is 26.2 Å². The van der Waals surface area contributed by atoms with Crippen molar-refractivity contribution in [1.29, 1.82) is 0 Å². The molecule has 4 N–H and O–H groups in total. The molecule has 0 heterocycles.